The van der Waals surface area contributed by atoms with E-state index in [1.807, 2.05) is 13.1 Å². The number of halogens is 1. The van der Waals surface area contributed by atoms with Gasteiger partial charge in [-0.1, -0.05) is 15.9 Å². The highest BCUT2D eigenvalue weighted by Gasteiger charge is 2.08. The third-order valence-corrected chi connectivity index (χ3v) is 2.44. The zero-order chi connectivity index (χ0) is 11.1. The first-order valence-electron chi connectivity index (χ1n) is 4.80. The summed E-state index contributed by atoms with van der Waals surface area (Å²) in [5.41, 5.74) is 0. The summed E-state index contributed by atoms with van der Waals surface area (Å²) in [7, 11) is 3.74. The number of nitrogens with zero attached hydrogens (tertiary/aromatic N) is 3. The minimum atomic E-state index is 0.344. The summed E-state index contributed by atoms with van der Waals surface area (Å²) < 4.78 is 5.05. The number of hydrogen-bond donors (Lipinski definition) is 0. The Kier molecular flexibility index (Phi) is 5.75. The average Bonchev–Trinajstić information content (AvgIpc) is 2.19. The lowest BCUT2D eigenvalue weighted by atomic mass is 10.4. The summed E-state index contributed by atoms with van der Waals surface area (Å²) >= 11 is 3.54. The highest BCUT2D eigenvalue weighted by molar-refractivity contribution is 9.09. The SMILES string of the molecule is COCC(Br)CN(C)Cc1ncccn1. The molecule has 1 atom stereocenters. The van der Waals surface area contributed by atoms with Gasteiger partial charge in [-0.2, -0.15) is 0 Å². The first-order chi connectivity index (χ1) is 7.22. The van der Waals surface area contributed by atoms with Crippen LogP contribution in [0.3, 0.4) is 0 Å². The van der Waals surface area contributed by atoms with Crippen molar-refractivity contribution < 1.29 is 4.74 Å². The maximum Gasteiger partial charge on any atom is 0.142 e. The van der Waals surface area contributed by atoms with Gasteiger partial charge in [0.1, 0.15) is 5.82 Å². The smallest absolute Gasteiger partial charge is 0.142 e. The van der Waals surface area contributed by atoms with Crippen molar-refractivity contribution >= 4 is 15.9 Å². The van der Waals surface area contributed by atoms with Crippen LogP contribution in [0.1, 0.15) is 5.82 Å². The lowest BCUT2D eigenvalue weighted by Gasteiger charge is -2.18. The standard InChI is InChI=1S/C10H16BrN3O/c1-14(6-9(11)8-15-2)7-10-12-4-3-5-13-10/h3-5,9H,6-8H2,1-2H3. The monoisotopic (exact) mass is 273 g/mol. The van der Waals surface area contributed by atoms with Crippen LogP contribution >= 0.6 is 15.9 Å². The fourth-order valence-corrected chi connectivity index (χ4v) is 2.05. The quantitative estimate of drug-likeness (QED) is 0.733. The molecule has 1 aromatic rings. The first-order valence-corrected chi connectivity index (χ1v) is 5.71. The molecule has 0 N–H and O–H groups in total. The molecule has 5 heteroatoms. The van der Waals surface area contributed by atoms with E-state index in [1.54, 1.807) is 19.5 Å². The Balaban J connectivity index is 2.33. The average molecular weight is 274 g/mol. The number of alkyl halides is 1. The van der Waals surface area contributed by atoms with Crippen molar-refractivity contribution in [3.05, 3.63) is 24.3 Å². The van der Waals surface area contributed by atoms with Gasteiger partial charge in [0.05, 0.1) is 18.0 Å². The molecule has 1 unspecified atom stereocenters. The summed E-state index contributed by atoms with van der Waals surface area (Å²) in [6.07, 6.45) is 3.52. The first kappa shape index (κ1) is 12.5. The molecule has 0 amide bonds. The normalized spacial score (nSPS) is 13.1. The molecule has 1 rings (SSSR count). The van der Waals surface area contributed by atoms with E-state index in [1.165, 1.54) is 0 Å². The molecule has 0 aliphatic carbocycles. The molecule has 0 aliphatic rings. The van der Waals surface area contributed by atoms with Gasteiger partial charge in [0, 0.05) is 26.0 Å². The predicted octanol–water partition coefficient (Wildman–Crippen LogP) is 1.32. The van der Waals surface area contributed by atoms with Crippen molar-refractivity contribution in [1.29, 1.82) is 0 Å². The topological polar surface area (TPSA) is 38.2 Å². The van der Waals surface area contributed by atoms with Gasteiger partial charge in [-0.05, 0) is 13.1 Å². The second-order valence-electron chi connectivity index (χ2n) is 3.41. The van der Waals surface area contributed by atoms with E-state index in [4.69, 9.17) is 4.74 Å². The molecule has 0 radical (unpaired) electrons. The van der Waals surface area contributed by atoms with Gasteiger partial charge in [-0.15, -0.1) is 0 Å². The van der Waals surface area contributed by atoms with Crippen molar-refractivity contribution in [3.63, 3.8) is 0 Å². The Hall–Kier alpha value is -0.520. The van der Waals surface area contributed by atoms with Crippen molar-refractivity contribution in [3.8, 4) is 0 Å². The molecule has 0 aromatic carbocycles. The molecule has 0 bridgehead atoms. The van der Waals surface area contributed by atoms with Gasteiger partial charge in [-0.25, -0.2) is 9.97 Å². The number of ether oxygens (including phenoxy) is 1. The summed E-state index contributed by atoms with van der Waals surface area (Å²) in [4.78, 5) is 10.8. The Morgan fingerprint density at radius 1 is 1.47 bits per heavy atom. The molecule has 0 saturated heterocycles. The van der Waals surface area contributed by atoms with E-state index in [-0.39, 0.29) is 0 Å². The van der Waals surface area contributed by atoms with Crippen molar-refractivity contribution in [2.24, 2.45) is 0 Å². The van der Waals surface area contributed by atoms with Crippen molar-refractivity contribution in [2.75, 3.05) is 27.3 Å². The molecule has 1 aromatic heterocycles. The van der Waals surface area contributed by atoms with Crippen LogP contribution in [0.5, 0.6) is 0 Å². The number of methoxy groups -OCH3 is 1. The van der Waals surface area contributed by atoms with Gasteiger partial charge in [-0.3, -0.25) is 4.90 Å². The highest BCUT2D eigenvalue weighted by atomic mass is 79.9. The minimum absolute atomic E-state index is 0.344. The van der Waals surface area contributed by atoms with E-state index >= 15 is 0 Å². The molecular weight excluding hydrogens is 258 g/mol. The number of rotatable bonds is 6. The summed E-state index contributed by atoms with van der Waals surface area (Å²) in [6, 6.07) is 1.82. The van der Waals surface area contributed by atoms with E-state index in [9.17, 15) is 0 Å². The van der Waals surface area contributed by atoms with Gasteiger partial charge in [0.15, 0.2) is 0 Å². The zero-order valence-corrected chi connectivity index (χ0v) is 10.6. The van der Waals surface area contributed by atoms with Crippen LogP contribution in [0.15, 0.2) is 18.5 Å². The largest absolute Gasteiger partial charge is 0.383 e. The number of aromatic nitrogens is 2. The Bertz CT molecular complexity index is 271. The van der Waals surface area contributed by atoms with Crippen LogP contribution in [-0.4, -0.2) is 47.0 Å². The lowest BCUT2D eigenvalue weighted by molar-refractivity contribution is 0.184. The summed E-state index contributed by atoms with van der Waals surface area (Å²) in [5, 5.41) is 0. The molecule has 0 saturated carbocycles. The van der Waals surface area contributed by atoms with Gasteiger partial charge >= 0.3 is 0 Å². The molecule has 0 fully saturated rings. The maximum absolute atomic E-state index is 5.05. The third-order valence-electron chi connectivity index (χ3n) is 1.89. The Morgan fingerprint density at radius 2 is 2.13 bits per heavy atom. The Morgan fingerprint density at radius 3 is 2.73 bits per heavy atom. The Labute approximate surface area is 98.8 Å². The van der Waals surface area contributed by atoms with E-state index in [0.29, 0.717) is 11.4 Å². The second kappa shape index (κ2) is 6.87. The van der Waals surface area contributed by atoms with Crippen LogP contribution in [0.25, 0.3) is 0 Å². The fraction of sp³-hybridized carbons (Fsp3) is 0.600. The fourth-order valence-electron chi connectivity index (χ4n) is 1.29. The van der Waals surface area contributed by atoms with E-state index < -0.39 is 0 Å². The molecule has 84 valence electrons. The van der Waals surface area contributed by atoms with Crippen LogP contribution in [0.4, 0.5) is 0 Å². The van der Waals surface area contributed by atoms with E-state index in [0.717, 1.165) is 18.9 Å². The zero-order valence-electron chi connectivity index (χ0n) is 9.06. The van der Waals surface area contributed by atoms with Crippen LogP contribution < -0.4 is 0 Å². The molecule has 1 heterocycles. The second-order valence-corrected chi connectivity index (χ2v) is 4.71. The molecule has 4 nitrogen and oxygen atoms in total. The van der Waals surface area contributed by atoms with Gasteiger partial charge in [0.2, 0.25) is 0 Å². The summed E-state index contributed by atoms with van der Waals surface area (Å²) in [6.45, 7) is 2.37. The predicted molar refractivity (Wildman–Crippen MR) is 63.0 cm³/mol. The van der Waals surface area contributed by atoms with Gasteiger partial charge < -0.3 is 4.74 Å². The third kappa shape index (κ3) is 5.20. The number of hydrogen-bond acceptors (Lipinski definition) is 4. The molecular formula is C10H16BrN3O. The van der Waals surface area contributed by atoms with Crippen LogP contribution in [0.2, 0.25) is 0 Å². The van der Waals surface area contributed by atoms with Gasteiger partial charge in [0.25, 0.3) is 0 Å². The van der Waals surface area contributed by atoms with Crippen LogP contribution in [0, 0.1) is 0 Å². The van der Waals surface area contributed by atoms with Crippen molar-refractivity contribution in [2.45, 2.75) is 11.4 Å². The minimum Gasteiger partial charge on any atom is -0.383 e. The maximum atomic E-state index is 5.05. The van der Waals surface area contributed by atoms with E-state index in [2.05, 4.69) is 30.8 Å². The lowest BCUT2D eigenvalue weighted by Crippen LogP contribution is -2.28. The highest BCUT2D eigenvalue weighted by Crippen LogP contribution is 2.04. The molecule has 0 spiro atoms. The van der Waals surface area contributed by atoms with Crippen molar-refractivity contribution in [1.82, 2.24) is 14.9 Å². The molecule has 0 aliphatic heterocycles. The van der Waals surface area contributed by atoms with Crippen LogP contribution in [-0.2, 0) is 11.3 Å². The molecule has 15 heavy (non-hydrogen) atoms. The summed E-state index contributed by atoms with van der Waals surface area (Å²) in [5.74, 6) is 0.845.